The number of ether oxygens (including phenoxy) is 1. The number of benzene rings is 1. The van der Waals surface area contributed by atoms with E-state index >= 15 is 0 Å². The van der Waals surface area contributed by atoms with Crippen molar-refractivity contribution in [2.75, 3.05) is 12.4 Å². The number of hydrogen-bond donors (Lipinski definition) is 1. The van der Waals surface area contributed by atoms with Crippen molar-refractivity contribution < 1.29 is 9.53 Å². The summed E-state index contributed by atoms with van der Waals surface area (Å²) in [5.41, 5.74) is 0.945. The van der Waals surface area contributed by atoms with Crippen LogP contribution in [0.4, 0.5) is 5.69 Å². The summed E-state index contributed by atoms with van der Waals surface area (Å²) < 4.78 is 5.22. The van der Waals surface area contributed by atoms with E-state index in [1.165, 1.54) is 26.4 Å². The number of anilines is 1. The molecular formula is C15H16N2O2. The summed E-state index contributed by atoms with van der Waals surface area (Å²) in [6, 6.07) is 7.28. The average molecular weight is 256 g/mol. The Morgan fingerprint density at radius 1 is 1.42 bits per heavy atom. The predicted octanol–water partition coefficient (Wildman–Crippen LogP) is 2.55. The molecule has 2 saturated carbocycles. The number of nitrogens with zero attached hydrogens (tertiary/aromatic N) is 1. The number of para-hydroxylation sites is 1. The fourth-order valence-electron chi connectivity index (χ4n) is 3.34. The summed E-state index contributed by atoms with van der Waals surface area (Å²) in [5.74, 6) is 1.86. The molecule has 1 aromatic rings. The van der Waals surface area contributed by atoms with Crippen molar-refractivity contribution in [1.29, 1.82) is 5.26 Å². The van der Waals surface area contributed by atoms with Crippen LogP contribution >= 0.6 is 0 Å². The van der Waals surface area contributed by atoms with Gasteiger partial charge in [-0.2, -0.15) is 5.26 Å². The topological polar surface area (TPSA) is 62.1 Å². The van der Waals surface area contributed by atoms with E-state index in [2.05, 4.69) is 11.4 Å². The van der Waals surface area contributed by atoms with Gasteiger partial charge in [0, 0.05) is 5.92 Å². The molecule has 0 heterocycles. The van der Waals surface area contributed by atoms with Crippen LogP contribution in [-0.4, -0.2) is 13.0 Å². The zero-order valence-electron chi connectivity index (χ0n) is 10.8. The molecule has 4 nitrogen and oxygen atoms in total. The van der Waals surface area contributed by atoms with E-state index in [4.69, 9.17) is 10.00 Å². The third-order valence-corrected chi connectivity index (χ3v) is 4.32. The van der Waals surface area contributed by atoms with Gasteiger partial charge in [0.15, 0.2) is 0 Å². The van der Waals surface area contributed by atoms with Gasteiger partial charge in [0.1, 0.15) is 17.5 Å². The van der Waals surface area contributed by atoms with Crippen molar-refractivity contribution in [3.63, 3.8) is 0 Å². The van der Waals surface area contributed by atoms with Gasteiger partial charge in [-0.05, 0) is 36.8 Å². The summed E-state index contributed by atoms with van der Waals surface area (Å²) in [6.07, 6.45) is 3.58. The number of carbonyl (C=O) groups excluding carboxylic acids is 1. The molecule has 0 radical (unpaired) electrons. The lowest BCUT2D eigenvalue weighted by atomic mass is 10.1. The maximum atomic E-state index is 12.2. The van der Waals surface area contributed by atoms with Crippen LogP contribution in [-0.2, 0) is 4.79 Å². The van der Waals surface area contributed by atoms with Gasteiger partial charge in [-0.3, -0.25) is 4.79 Å². The highest BCUT2D eigenvalue weighted by Crippen LogP contribution is 2.57. The van der Waals surface area contributed by atoms with Crippen LogP contribution in [0.2, 0.25) is 0 Å². The van der Waals surface area contributed by atoms with Crippen LogP contribution < -0.4 is 10.1 Å². The van der Waals surface area contributed by atoms with Crippen molar-refractivity contribution in [2.45, 2.75) is 19.3 Å². The Kier molecular flexibility index (Phi) is 2.90. The minimum atomic E-state index is 0.0377. The summed E-state index contributed by atoms with van der Waals surface area (Å²) in [7, 11) is 1.54. The molecule has 98 valence electrons. The maximum absolute atomic E-state index is 12.2. The lowest BCUT2D eigenvalue weighted by molar-refractivity contribution is -0.118. The van der Waals surface area contributed by atoms with Gasteiger partial charge >= 0.3 is 0 Å². The normalized spacial score (nSPS) is 27.3. The van der Waals surface area contributed by atoms with E-state index in [0.29, 0.717) is 28.8 Å². The summed E-state index contributed by atoms with van der Waals surface area (Å²) >= 11 is 0. The number of hydrogen-bond acceptors (Lipinski definition) is 3. The van der Waals surface area contributed by atoms with Crippen molar-refractivity contribution in [2.24, 2.45) is 17.8 Å². The van der Waals surface area contributed by atoms with Gasteiger partial charge in [0.05, 0.1) is 12.7 Å². The lowest BCUT2D eigenvalue weighted by Gasteiger charge is -2.12. The molecule has 2 fully saturated rings. The number of rotatable bonds is 3. The minimum Gasteiger partial charge on any atom is -0.495 e. The molecule has 2 aliphatic carbocycles. The third kappa shape index (κ3) is 1.95. The maximum Gasteiger partial charge on any atom is 0.228 e. The number of carbonyl (C=O) groups is 1. The fraction of sp³-hybridized carbons (Fsp3) is 0.467. The zero-order valence-corrected chi connectivity index (χ0v) is 10.8. The molecule has 2 aliphatic rings. The van der Waals surface area contributed by atoms with Gasteiger partial charge in [-0.1, -0.05) is 12.5 Å². The smallest absolute Gasteiger partial charge is 0.228 e. The molecule has 2 atom stereocenters. The Morgan fingerprint density at radius 3 is 2.79 bits per heavy atom. The van der Waals surface area contributed by atoms with E-state index in [0.717, 1.165) is 0 Å². The average Bonchev–Trinajstić information content (AvgIpc) is 2.92. The molecular weight excluding hydrogens is 240 g/mol. The monoisotopic (exact) mass is 256 g/mol. The van der Waals surface area contributed by atoms with Gasteiger partial charge < -0.3 is 10.1 Å². The summed E-state index contributed by atoms with van der Waals surface area (Å²) in [5, 5.41) is 12.0. The van der Waals surface area contributed by atoms with Gasteiger partial charge in [0.2, 0.25) is 5.91 Å². The first kappa shape index (κ1) is 12.0. The van der Waals surface area contributed by atoms with E-state index in [-0.39, 0.29) is 11.8 Å². The second-order valence-corrected chi connectivity index (χ2v) is 5.27. The van der Waals surface area contributed by atoms with Crippen LogP contribution in [0.5, 0.6) is 5.75 Å². The zero-order chi connectivity index (χ0) is 13.4. The fourth-order valence-corrected chi connectivity index (χ4v) is 3.34. The van der Waals surface area contributed by atoms with Crippen molar-refractivity contribution in [3.8, 4) is 11.8 Å². The Bertz CT molecular complexity index is 552. The molecule has 0 aliphatic heterocycles. The first-order valence-corrected chi connectivity index (χ1v) is 6.64. The first-order chi connectivity index (χ1) is 9.26. The number of fused-ring (bicyclic) bond motifs is 1. The molecule has 2 unspecified atom stereocenters. The van der Waals surface area contributed by atoms with Crippen LogP contribution in [0.15, 0.2) is 18.2 Å². The quantitative estimate of drug-likeness (QED) is 0.904. The predicted molar refractivity (Wildman–Crippen MR) is 70.7 cm³/mol. The lowest BCUT2D eigenvalue weighted by Crippen LogP contribution is -2.18. The molecule has 3 rings (SSSR count). The van der Waals surface area contributed by atoms with Gasteiger partial charge in [0.25, 0.3) is 0 Å². The SMILES string of the molecule is COc1cccc(C#N)c1NC(=O)C1C2CCCC21. The third-order valence-electron chi connectivity index (χ3n) is 4.32. The van der Waals surface area contributed by atoms with Crippen molar-refractivity contribution >= 4 is 11.6 Å². The highest BCUT2D eigenvalue weighted by atomic mass is 16.5. The van der Waals surface area contributed by atoms with Gasteiger partial charge in [-0.25, -0.2) is 0 Å². The van der Waals surface area contributed by atoms with Crippen molar-refractivity contribution in [3.05, 3.63) is 23.8 Å². The van der Waals surface area contributed by atoms with Crippen molar-refractivity contribution in [1.82, 2.24) is 0 Å². The second-order valence-electron chi connectivity index (χ2n) is 5.27. The van der Waals surface area contributed by atoms with E-state index in [1.54, 1.807) is 18.2 Å². The summed E-state index contributed by atoms with van der Waals surface area (Å²) in [4.78, 5) is 12.2. The van der Waals surface area contributed by atoms with E-state index in [1.807, 2.05) is 0 Å². The number of nitriles is 1. The Morgan fingerprint density at radius 2 is 2.16 bits per heavy atom. The van der Waals surface area contributed by atoms with Crippen LogP contribution in [0.3, 0.4) is 0 Å². The van der Waals surface area contributed by atoms with Crippen LogP contribution in [0, 0.1) is 29.1 Å². The van der Waals surface area contributed by atoms with Gasteiger partial charge in [-0.15, -0.1) is 0 Å². The van der Waals surface area contributed by atoms with E-state index in [9.17, 15) is 4.79 Å². The van der Waals surface area contributed by atoms with Crippen LogP contribution in [0.1, 0.15) is 24.8 Å². The molecule has 0 bridgehead atoms. The molecule has 1 N–H and O–H groups in total. The Hall–Kier alpha value is -2.02. The highest BCUT2D eigenvalue weighted by molar-refractivity contribution is 5.97. The second kappa shape index (κ2) is 4.58. The number of nitrogens with one attached hydrogen (secondary N) is 1. The molecule has 0 spiro atoms. The first-order valence-electron chi connectivity index (χ1n) is 6.64. The molecule has 4 heteroatoms. The summed E-state index contributed by atoms with van der Waals surface area (Å²) in [6.45, 7) is 0. The Balaban J connectivity index is 1.80. The highest BCUT2D eigenvalue weighted by Gasteiger charge is 2.56. The van der Waals surface area contributed by atoms with E-state index < -0.39 is 0 Å². The molecule has 0 aromatic heterocycles. The standard InChI is InChI=1S/C15H16N2O2/c1-19-12-7-2-4-9(8-16)14(12)17-15(18)13-10-5-3-6-11(10)13/h2,4,7,10-11,13H,3,5-6H2,1H3,(H,17,18). The minimum absolute atomic E-state index is 0.0377. The van der Waals surface area contributed by atoms with Crippen LogP contribution in [0.25, 0.3) is 0 Å². The molecule has 1 aromatic carbocycles. The number of methoxy groups -OCH3 is 1. The largest absolute Gasteiger partial charge is 0.495 e. The molecule has 0 saturated heterocycles. The number of amides is 1. The molecule has 1 amide bonds. The molecule has 19 heavy (non-hydrogen) atoms. The Labute approximate surface area is 112 Å².